The molecule has 0 amide bonds. The molecule has 4 N–H and O–H groups in total. The number of anilines is 2. The highest BCUT2D eigenvalue weighted by atomic mass is 16.5. The summed E-state index contributed by atoms with van der Waals surface area (Å²) >= 11 is 0. The third-order valence-electron chi connectivity index (χ3n) is 3.85. The van der Waals surface area contributed by atoms with E-state index >= 15 is 0 Å². The lowest BCUT2D eigenvalue weighted by Crippen LogP contribution is -1.99. The first-order valence-electron chi connectivity index (χ1n) is 8.35. The summed E-state index contributed by atoms with van der Waals surface area (Å²) in [6, 6.07) is 20.7. The Hall–Kier alpha value is -3.14. The van der Waals surface area contributed by atoms with E-state index in [0.717, 1.165) is 18.4 Å². The van der Waals surface area contributed by atoms with Gasteiger partial charge in [-0.1, -0.05) is 49.7 Å². The normalized spacial score (nSPS) is 10.4. The molecule has 3 aromatic carbocycles. The van der Waals surface area contributed by atoms with Crippen LogP contribution in [-0.2, 0) is 6.42 Å². The first-order valence-corrected chi connectivity index (χ1v) is 8.35. The minimum Gasteiger partial charge on any atom is -0.451 e. The lowest BCUT2D eigenvalue weighted by atomic mass is 10.1. The van der Waals surface area contributed by atoms with Crippen LogP contribution in [0.1, 0.15) is 18.9 Å². The standard InChI is InChI=1S/C21H22N2O2/c1-2-8-15-9-7-14-20(24-18-12-5-3-10-16(18)22)21(15)25-19-13-6-4-11-17(19)23/h3-7,9-14H,2,8,22-23H2,1H3. The van der Waals surface area contributed by atoms with Gasteiger partial charge in [-0.3, -0.25) is 0 Å². The minimum absolute atomic E-state index is 0.577. The maximum atomic E-state index is 6.15. The third-order valence-corrected chi connectivity index (χ3v) is 3.85. The van der Waals surface area contributed by atoms with Crippen LogP contribution in [0.5, 0.6) is 23.0 Å². The minimum atomic E-state index is 0.577. The van der Waals surface area contributed by atoms with Crippen molar-refractivity contribution in [3.63, 3.8) is 0 Å². The molecule has 0 aliphatic carbocycles. The molecule has 0 fully saturated rings. The molecular weight excluding hydrogens is 312 g/mol. The Kier molecular flexibility index (Phi) is 5.09. The van der Waals surface area contributed by atoms with Gasteiger partial charge in [0.25, 0.3) is 0 Å². The smallest absolute Gasteiger partial charge is 0.173 e. The molecule has 0 unspecified atom stereocenters. The fourth-order valence-electron chi connectivity index (χ4n) is 2.60. The van der Waals surface area contributed by atoms with E-state index in [1.54, 1.807) is 6.07 Å². The highest BCUT2D eigenvalue weighted by Crippen LogP contribution is 2.40. The Morgan fingerprint density at radius 1 is 0.680 bits per heavy atom. The number of hydrogen-bond donors (Lipinski definition) is 2. The Morgan fingerprint density at radius 2 is 1.24 bits per heavy atom. The predicted octanol–water partition coefficient (Wildman–Crippen LogP) is 5.39. The summed E-state index contributed by atoms with van der Waals surface area (Å²) in [4.78, 5) is 0. The average molecular weight is 334 g/mol. The summed E-state index contributed by atoms with van der Waals surface area (Å²) in [5.74, 6) is 2.50. The average Bonchev–Trinajstić information content (AvgIpc) is 2.61. The molecule has 4 heteroatoms. The van der Waals surface area contributed by atoms with Crippen molar-refractivity contribution >= 4 is 11.4 Å². The zero-order valence-electron chi connectivity index (χ0n) is 14.2. The summed E-state index contributed by atoms with van der Waals surface area (Å²) in [6.07, 6.45) is 1.88. The van der Waals surface area contributed by atoms with Crippen LogP contribution in [0.4, 0.5) is 11.4 Å². The molecule has 3 rings (SSSR count). The second-order valence-electron chi connectivity index (χ2n) is 5.77. The zero-order valence-corrected chi connectivity index (χ0v) is 14.2. The molecule has 0 radical (unpaired) electrons. The molecular formula is C21H22N2O2. The third kappa shape index (κ3) is 3.86. The number of para-hydroxylation sites is 5. The van der Waals surface area contributed by atoms with Gasteiger partial charge in [-0.05, 0) is 42.3 Å². The van der Waals surface area contributed by atoms with Crippen molar-refractivity contribution in [2.45, 2.75) is 19.8 Å². The summed E-state index contributed by atoms with van der Waals surface area (Å²) < 4.78 is 12.2. The molecule has 0 aliphatic rings. The Bertz CT molecular complexity index is 862. The van der Waals surface area contributed by atoms with Crippen molar-refractivity contribution in [1.82, 2.24) is 0 Å². The van der Waals surface area contributed by atoms with Gasteiger partial charge < -0.3 is 20.9 Å². The fourth-order valence-corrected chi connectivity index (χ4v) is 2.60. The second kappa shape index (κ2) is 7.62. The molecule has 0 heterocycles. The van der Waals surface area contributed by atoms with Crippen LogP contribution in [0.15, 0.2) is 66.7 Å². The van der Waals surface area contributed by atoms with Crippen molar-refractivity contribution in [3.8, 4) is 23.0 Å². The maximum absolute atomic E-state index is 6.15. The summed E-state index contributed by atoms with van der Waals surface area (Å²) in [5, 5.41) is 0. The van der Waals surface area contributed by atoms with Gasteiger partial charge in [0.2, 0.25) is 0 Å². The lowest BCUT2D eigenvalue weighted by molar-refractivity contribution is 0.416. The van der Waals surface area contributed by atoms with E-state index in [9.17, 15) is 0 Å². The van der Waals surface area contributed by atoms with E-state index in [4.69, 9.17) is 20.9 Å². The Morgan fingerprint density at radius 3 is 1.84 bits per heavy atom. The molecule has 0 saturated heterocycles. The van der Waals surface area contributed by atoms with Crippen molar-refractivity contribution in [2.24, 2.45) is 0 Å². The van der Waals surface area contributed by atoms with Crippen molar-refractivity contribution in [2.75, 3.05) is 11.5 Å². The van der Waals surface area contributed by atoms with E-state index in [0.29, 0.717) is 34.4 Å². The molecule has 0 saturated carbocycles. The molecule has 128 valence electrons. The molecule has 0 aliphatic heterocycles. The Labute approximate surface area is 148 Å². The number of nitrogens with two attached hydrogens (primary N) is 2. The monoisotopic (exact) mass is 334 g/mol. The van der Waals surface area contributed by atoms with Crippen LogP contribution in [0.3, 0.4) is 0 Å². The molecule has 0 aromatic heterocycles. The van der Waals surface area contributed by atoms with E-state index in [-0.39, 0.29) is 0 Å². The summed E-state index contributed by atoms with van der Waals surface area (Å²) in [7, 11) is 0. The van der Waals surface area contributed by atoms with Crippen LogP contribution in [-0.4, -0.2) is 0 Å². The van der Waals surface area contributed by atoms with Crippen molar-refractivity contribution in [1.29, 1.82) is 0 Å². The SMILES string of the molecule is CCCc1cccc(Oc2ccccc2N)c1Oc1ccccc1N. The van der Waals surface area contributed by atoms with Crippen molar-refractivity contribution in [3.05, 3.63) is 72.3 Å². The highest BCUT2D eigenvalue weighted by molar-refractivity contribution is 5.59. The first kappa shape index (κ1) is 16.7. The molecule has 4 nitrogen and oxygen atoms in total. The fraction of sp³-hybridized carbons (Fsp3) is 0.143. The van der Waals surface area contributed by atoms with Crippen LogP contribution in [0.2, 0.25) is 0 Å². The van der Waals surface area contributed by atoms with E-state index < -0.39 is 0 Å². The number of hydrogen-bond acceptors (Lipinski definition) is 4. The largest absolute Gasteiger partial charge is 0.451 e. The van der Waals surface area contributed by atoms with Gasteiger partial charge in [0.1, 0.15) is 0 Å². The molecule has 25 heavy (non-hydrogen) atoms. The van der Waals surface area contributed by atoms with Gasteiger partial charge in [-0.15, -0.1) is 0 Å². The maximum Gasteiger partial charge on any atom is 0.173 e. The van der Waals surface area contributed by atoms with Gasteiger partial charge in [-0.25, -0.2) is 0 Å². The van der Waals surface area contributed by atoms with Crippen LogP contribution in [0.25, 0.3) is 0 Å². The van der Waals surface area contributed by atoms with Gasteiger partial charge in [0, 0.05) is 0 Å². The van der Waals surface area contributed by atoms with Gasteiger partial charge in [-0.2, -0.15) is 0 Å². The van der Waals surface area contributed by atoms with E-state index in [2.05, 4.69) is 6.92 Å². The number of nitrogen functional groups attached to an aromatic ring is 2. The van der Waals surface area contributed by atoms with Crippen LogP contribution in [0, 0.1) is 0 Å². The molecule has 3 aromatic rings. The van der Waals surface area contributed by atoms with E-state index in [1.165, 1.54) is 0 Å². The second-order valence-corrected chi connectivity index (χ2v) is 5.77. The topological polar surface area (TPSA) is 70.5 Å². The number of aryl methyl sites for hydroxylation is 1. The number of benzene rings is 3. The summed E-state index contributed by atoms with van der Waals surface area (Å²) in [5.41, 5.74) is 14.3. The predicted molar refractivity (Wildman–Crippen MR) is 102 cm³/mol. The van der Waals surface area contributed by atoms with Gasteiger partial charge >= 0.3 is 0 Å². The molecule has 0 bridgehead atoms. The van der Waals surface area contributed by atoms with Gasteiger partial charge in [0.15, 0.2) is 23.0 Å². The lowest BCUT2D eigenvalue weighted by Gasteiger charge is -2.17. The van der Waals surface area contributed by atoms with Crippen LogP contribution < -0.4 is 20.9 Å². The van der Waals surface area contributed by atoms with Gasteiger partial charge in [0.05, 0.1) is 11.4 Å². The molecule has 0 spiro atoms. The van der Waals surface area contributed by atoms with Crippen molar-refractivity contribution < 1.29 is 9.47 Å². The number of rotatable bonds is 6. The molecule has 0 atom stereocenters. The highest BCUT2D eigenvalue weighted by Gasteiger charge is 2.15. The number of ether oxygens (including phenoxy) is 2. The van der Waals surface area contributed by atoms with E-state index in [1.807, 2.05) is 60.7 Å². The zero-order chi connectivity index (χ0) is 17.6. The van der Waals surface area contributed by atoms with Crippen LogP contribution >= 0.6 is 0 Å². The first-order chi connectivity index (χ1) is 12.2. The Balaban J connectivity index is 2.01. The summed E-state index contributed by atoms with van der Waals surface area (Å²) in [6.45, 7) is 2.13. The quantitative estimate of drug-likeness (QED) is 0.593.